The summed E-state index contributed by atoms with van der Waals surface area (Å²) in [4.78, 5) is 22.2. The van der Waals surface area contributed by atoms with E-state index >= 15 is 0 Å². The van der Waals surface area contributed by atoms with Crippen molar-refractivity contribution >= 4 is 17.0 Å². The van der Waals surface area contributed by atoms with E-state index in [4.69, 9.17) is 0 Å². The highest BCUT2D eigenvalue weighted by atomic mass is 16.3. The third-order valence-corrected chi connectivity index (χ3v) is 5.26. The van der Waals surface area contributed by atoms with Gasteiger partial charge in [0, 0.05) is 62.6 Å². The van der Waals surface area contributed by atoms with E-state index in [2.05, 4.69) is 48.8 Å². The van der Waals surface area contributed by atoms with Gasteiger partial charge in [0.25, 0.3) is 0 Å². The number of benzene rings is 1. The minimum Gasteiger partial charge on any atom is -0.389 e. The van der Waals surface area contributed by atoms with E-state index in [1.165, 1.54) is 5.56 Å². The molecule has 0 amide bonds. The molecule has 1 N–H and O–H groups in total. The summed E-state index contributed by atoms with van der Waals surface area (Å²) in [5, 5.41) is 9.59. The molecule has 0 spiro atoms. The molecule has 0 radical (unpaired) electrons. The number of aliphatic hydroxyl groups is 1. The van der Waals surface area contributed by atoms with E-state index in [9.17, 15) is 5.11 Å². The van der Waals surface area contributed by atoms with Crippen molar-refractivity contribution in [3.63, 3.8) is 0 Å². The predicted octanol–water partition coefficient (Wildman–Crippen LogP) is 2.36. The minimum absolute atomic E-state index is 0.317. The quantitative estimate of drug-likeness (QED) is 0.761. The van der Waals surface area contributed by atoms with Gasteiger partial charge in [0.1, 0.15) is 0 Å². The topological polar surface area (TPSA) is 78.3 Å². The maximum atomic E-state index is 9.59. The van der Waals surface area contributed by atoms with Crippen molar-refractivity contribution < 1.29 is 5.11 Å². The zero-order valence-corrected chi connectivity index (χ0v) is 15.7. The molecule has 0 saturated carbocycles. The standard InChI is InChI=1S/C20H24N6O/c1-14(16-3-4-18-19(11-16)22-6-5-21-18)25-7-9-26(10-8-25)20-23-12-17(13-24-20)15(2)27/h3-6,11-15,27H,7-10H2,1-2H3. The van der Waals surface area contributed by atoms with Crippen LogP contribution in [-0.4, -0.2) is 56.1 Å². The first kappa shape index (κ1) is 17.8. The molecular weight excluding hydrogens is 340 g/mol. The molecule has 3 aromatic rings. The van der Waals surface area contributed by atoms with Gasteiger partial charge in [-0.05, 0) is 31.5 Å². The Morgan fingerprint density at radius 3 is 2.19 bits per heavy atom. The summed E-state index contributed by atoms with van der Waals surface area (Å²) in [7, 11) is 0. The first-order valence-corrected chi connectivity index (χ1v) is 9.31. The van der Waals surface area contributed by atoms with Crippen molar-refractivity contribution in [1.29, 1.82) is 0 Å². The zero-order valence-electron chi connectivity index (χ0n) is 15.7. The lowest BCUT2D eigenvalue weighted by Crippen LogP contribution is -2.47. The lowest BCUT2D eigenvalue weighted by molar-refractivity contribution is 0.196. The summed E-state index contributed by atoms with van der Waals surface area (Å²) in [6.07, 6.45) is 6.33. The highest BCUT2D eigenvalue weighted by molar-refractivity contribution is 5.74. The van der Waals surface area contributed by atoms with Crippen LogP contribution in [0.2, 0.25) is 0 Å². The van der Waals surface area contributed by atoms with Crippen LogP contribution in [0.4, 0.5) is 5.95 Å². The molecule has 2 atom stereocenters. The van der Waals surface area contributed by atoms with E-state index in [0.29, 0.717) is 6.04 Å². The molecule has 1 aromatic carbocycles. The van der Waals surface area contributed by atoms with Crippen LogP contribution in [0.1, 0.15) is 37.1 Å². The Balaban J connectivity index is 1.41. The molecule has 1 saturated heterocycles. The van der Waals surface area contributed by atoms with Gasteiger partial charge >= 0.3 is 0 Å². The lowest BCUT2D eigenvalue weighted by atomic mass is 10.1. The van der Waals surface area contributed by atoms with E-state index in [1.807, 2.05) is 6.07 Å². The smallest absolute Gasteiger partial charge is 0.225 e. The number of piperazine rings is 1. The Bertz CT molecular complexity index is 906. The van der Waals surface area contributed by atoms with Gasteiger partial charge in [0.15, 0.2) is 0 Å². The molecule has 0 aliphatic carbocycles. The van der Waals surface area contributed by atoms with Crippen LogP contribution >= 0.6 is 0 Å². The van der Waals surface area contributed by atoms with Crippen LogP contribution in [0, 0.1) is 0 Å². The van der Waals surface area contributed by atoms with Crippen LogP contribution < -0.4 is 4.90 Å². The highest BCUT2D eigenvalue weighted by Crippen LogP contribution is 2.25. The largest absolute Gasteiger partial charge is 0.389 e. The maximum absolute atomic E-state index is 9.59. The molecule has 2 aromatic heterocycles. The van der Waals surface area contributed by atoms with Gasteiger partial charge in [0.2, 0.25) is 5.95 Å². The monoisotopic (exact) mass is 364 g/mol. The number of aromatic nitrogens is 4. The number of nitrogens with zero attached hydrogens (tertiary/aromatic N) is 6. The van der Waals surface area contributed by atoms with Crippen LogP contribution in [0.15, 0.2) is 43.0 Å². The van der Waals surface area contributed by atoms with Crippen LogP contribution in [-0.2, 0) is 0 Å². The van der Waals surface area contributed by atoms with E-state index in [0.717, 1.165) is 48.7 Å². The third-order valence-electron chi connectivity index (χ3n) is 5.26. The van der Waals surface area contributed by atoms with Gasteiger partial charge < -0.3 is 10.0 Å². The fraction of sp³-hybridized carbons (Fsp3) is 0.400. The molecular formula is C20H24N6O. The molecule has 7 heteroatoms. The van der Waals surface area contributed by atoms with Gasteiger partial charge in [-0.3, -0.25) is 14.9 Å². The lowest BCUT2D eigenvalue weighted by Gasteiger charge is -2.38. The van der Waals surface area contributed by atoms with Gasteiger partial charge in [-0.15, -0.1) is 0 Å². The highest BCUT2D eigenvalue weighted by Gasteiger charge is 2.23. The number of hydrogen-bond acceptors (Lipinski definition) is 7. The molecule has 0 bridgehead atoms. The Hall–Kier alpha value is -2.64. The Morgan fingerprint density at radius 1 is 0.852 bits per heavy atom. The van der Waals surface area contributed by atoms with Crippen molar-refractivity contribution in [2.75, 3.05) is 31.1 Å². The summed E-state index contributed by atoms with van der Waals surface area (Å²) in [5.41, 5.74) is 3.86. The fourth-order valence-electron chi connectivity index (χ4n) is 3.47. The van der Waals surface area contributed by atoms with Crippen LogP contribution in [0.5, 0.6) is 0 Å². The molecule has 140 valence electrons. The first-order chi connectivity index (χ1) is 13.1. The van der Waals surface area contributed by atoms with E-state index < -0.39 is 6.10 Å². The van der Waals surface area contributed by atoms with Gasteiger partial charge in [0.05, 0.1) is 17.1 Å². The summed E-state index contributed by atoms with van der Waals surface area (Å²) in [6.45, 7) is 7.61. The normalized spacial score (nSPS) is 17.8. The maximum Gasteiger partial charge on any atom is 0.225 e. The molecule has 4 rings (SSSR count). The average molecular weight is 364 g/mol. The Labute approximate surface area is 158 Å². The number of aliphatic hydroxyl groups excluding tert-OH is 1. The number of anilines is 1. The van der Waals surface area contributed by atoms with Gasteiger partial charge in [-0.1, -0.05) is 6.07 Å². The molecule has 27 heavy (non-hydrogen) atoms. The molecule has 1 fully saturated rings. The summed E-state index contributed by atoms with van der Waals surface area (Å²) < 4.78 is 0. The second-order valence-electron chi connectivity index (χ2n) is 7.00. The number of hydrogen-bond donors (Lipinski definition) is 1. The van der Waals surface area contributed by atoms with Crippen LogP contribution in [0.25, 0.3) is 11.0 Å². The molecule has 1 aliphatic rings. The SMILES string of the molecule is CC(O)c1cnc(N2CCN(C(C)c3ccc4nccnc4c3)CC2)nc1. The average Bonchev–Trinajstić information content (AvgIpc) is 2.73. The van der Waals surface area contributed by atoms with E-state index in [1.54, 1.807) is 31.7 Å². The molecule has 1 aliphatic heterocycles. The van der Waals surface area contributed by atoms with Crippen LogP contribution in [0.3, 0.4) is 0 Å². The van der Waals surface area contributed by atoms with Crippen molar-refractivity contribution in [3.8, 4) is 0 Å². The predicted molar refractivity (Wildman–Crippen MR) is 104 cm³/mol. The summed E-state index contributed by atoms with van der Waals surface area (Å²) in [6, 6.07) is 6.64. The van der Waals surface area contributed by atoms with Gasteiger partial charge in [-0.2, -0.15) is 0 Å². The number of fused-ring (bicyclic) bond motifs is 1. The number of rotatable bonds is 4. The minimum atomic E-state index is -0.539. The van der Waals surface area contributed by atoms with Crippen molar-refractivity contribution in [1.82, 2.24) is 24.8 Å². The van der Waals surface area contributed by atoms with Crippen molar-refractivity contribution in [2.45, 2.75) is 26.0 Å². The van der Waals surface area contributed by atoms with Crippen molar-refractivity contribution in [3.05, 3.63) is 54.1 Å². The third kappa shape index (κ3) is 3.74. The second kappa shape index (κ2) is 7.54. The molecule has 2 unspecified atom stereocenters. The second-order valence-corrected chi connectivity index (χ2v) is 7.00. The Morgan fingerprint density at radius 2 is 1.52 bits per heavy atom. The van der Waals surface area contributed by atoms with E-state index in [-0.39, 0.29) is 0 Å². The summed E-state index contributed by atoms with van der Waals surface area (Å²) in [5.74, 6) is 0.729. The molecule has 3 heterocycles. The molecule has 7 nitrogen and oxygen atoms in total. The summed E-state index contributed by atoms with van der Waals surface area (Å²) >= 11 is 0. The van der Waals surface area contributed by atoms with Gasteiger partial charge in [-0.25, -0.2) is 9.97 Å². The van der Waals surface area contributed by atoms with Crippen molar-refractivity contribution in [2.24, 2.45) is 0 Å². The zero-order chi connectivity index (χ0) is 18.8. The Kier molecular flexibility index (Phi) is 4.96. The fourth-order valence-corrected chi connectivity index (χ4v) is 3.47. The first-order valence-electron chi connectivity index (χ1n) is 9.31.